The van der Waals surface area contributed by atoms with Gasteiger partial charge in [-0.25, -0.2) is 0 Å². The molecule has 2 aromatic heterocycles. The molecule has 0 spiro atoms. The van der Waals surface area contributed by atoms with Crippen molar-refractivity contribution in [2.24, 2.45) is 12.8 Å². The molecule has 7 heteroatoms. The molecular formula is C23H21N5O2. The van der Waals surface area contributed by atoms with E-state index in [9.17, 15) is 4.79 Å². The van der Waals surface area contributed by atoms with Gasteiger partial charge in [-0.05, 0) is 42.8 Å². The Morgan fingerprint density at radius 2 is 1.93 bits per heavy atom. The molecular weight excluding hydrogens is 378 g/mol. The van der Waals surface area contributed by atoms with Crippen molar-refractivity contribution in [2.75, 3.05) is 11.4 Å². The topological polar surface area (TPSA) is 90.2 Å². The third-order valence-corrected chi connectivity index (χ3v) is 5.56. The first-order chi connectivity index (χ1) is 14.5. The Balaban J connectivity index is 1.68. The summed E-state index contributed by atoms with van der Waals surface area (Å²) >= 11 is 0. The minimum atomic E-state index is -0.433. The largest absolute Gasteiger partial charge is 0.366 e. The predicted octanol–water partition coefficient (Wildman–Crippen LogP) is 3.84. The lowest BCUT2D eigenvalue weighted by atomic mass is 9.98. The van der Waals surface area contributed by atoms with E-state index in [1.54, 1.807) is 16.8 Å². The van der Waals surface area contributed by atoms with Crippen molar-refractivity contribution in [3.05, 3.63) is 71.9 Å². The van der Waals surface area contributed by atoms with Crippen LogP contribution >= 0.6 is 0 Å². The van der Waals surface area contributed by atoms with E-state index < -0.39 is 5.91 Å². The molecule has 5 rings (SSSR count). The Morgan fingerprint density at radius 1 is 1.13 bits per heavy atom. The Bertz CT molecular complexity index is 1250. The maximum Gasteiger partial charge on any atom is 0.248 e. The number of primary amides is 1. The number of hydrogen-bond acceptors (Lipinski definition) is 5. The van der Waals surface area contributed by atoms with Crippen LogP contribution in [-0.4, -0.2) is 27.4 Å². The first-order valence-electron chi connectivity index (χ1n) is 9.77. The van der Waals surface area contributed by atoms with Crippen LogP contribution in [0.25, 0.3) is 22.3 Å². The Hall–Kier alpha value is -3.87. The number of amides is 1. The number of carbonyl (C=O) groups excluding carboxylic acids is 1. The Morgan fingerprint density at radius 3 is 2.63 bits per heavy atom. The van der Waals surface area contributed by atoms with Gasteiger partial charge in [-0.1, -0.05) is 17.3 Å². The number of hydrogen-bond donors (Lipinski definition) is 1. The lowest BCUT2D eigenvalue weighted by Crippen LogP contribution is -2.19. The summed E-state index contributed by atoms with van der Waals surface area (Å²) in [5, 5.41) is 8.50. The summed E-state index contributed by atoms with van der Waals surface area (Å²) in [6.45, 7) is 2.69. The van der Waals surface area contributed by atoms with Crippen LogP contribution in [0.3, 0.4) is 0 Å². The summed E-state index contributed by atoms with van der Waals surface area (Å²) in [6, 6.07) is 13.8. The second-order valence-electron chi connectivity index (χ2n) is 7.51. The van der Waals surface area contributed by atoms with Crippen molar-refractivity contribution >= 4 is 17.3 Å². The number of aryl methyl sites for hydroxylation is 2. The number of rotatable bonds is 3. The summed E-state index contributed by atoms with van der Waals surface area (Å²) < 4.78 is 7.42. The van der Waals surface area contributed by atoms with Gasteiger partial charge in [0.05, 0.1) is 11.9 Å². The molecule has 30 heavy (non-hydrogen) atoms. The fraction of sp³-hybridized carbons (Fsp3) is 0.174. The van der Waals surface area contributed by atoms with Crippen LogP contribution in [-0.2, 0) is 13.5 Å². The summed E-state index contributed by atoms with van der Waals surface area (Å²) in [5.74, 6) is 0.455. The van der Waals surface area contributed by atoms with Crippen molar-refractivity contribution in [1.29, 1.82) is 0 Å². The first-order valence-corrected chi connectivity index (χ1v) is 9.77. The molecule has 0 saturated heterocycles. The van der Waals surface area contributed by atoms with Crippen LogP contribution in [0.5, 0.6) is 0 Å². The van der Waals surface area contributed by atoms with Crippen molar-refractivity contribution in [3.63, 3.8) is 0 Å². The molecule has 0 atom stereocenters. The average molecular weight is 399 g/mol. The number of aromatic nitrogens is 3. The molecule has 2 aromatic carbocycles. The smallest absolute Gasteiger partial charge is 0.248 e. The lowest BCUT2D eigenvalue weighted by Gasteiger charge is -2.26. The Kier molecular flexibility index (Phi) is 4.17. The molecule has 1 aliphatic rings. The maximum atomic E-state index is 11.5. The average Bonchev–Trinajstić information content (AvgIpc) is 3.29. The fourth-order valence-corrected chi connectivity index (χ4v) is 4.06. The third kappa shape index (κ3) is 2.95. The maximum absolute atomic E-state index is 11.5. The minimum absolute atomic E-state index is 0.433. The van der Waals surface area contributed by atoms with E-state index in [-0.39, 0.29) is 0 Å². The molecule has 1 aliphatic heterocycles. The number of nitrogens with zero attached hydrogens (tertiary/aromatic N) is 4. The van der Waals surface area contributed by atoms with E-state index in [0.29, 0.717) is 5.56 Å². The van der Waals surface area contributed by atoms with E-state index >= 15 is 0 Å². The third-order valence-electron chi connectivity index (χ3n) is 5.56. The number of anilines is 2. The van der Waals surface area contributed by atoms with Gasteiger partial charge in [0, 0.05) is 59.8 Å². The summed E-state index contributed by atoms with van der Waals surface area (Å²) in [6.07, 6.45) is 4.59. The standard InChI is InChI=1S/C23H21N5O2/c1-14-22-19-8-5-16(17-12-25-27(2)13-17)11-20(19)28(10-9-21(22)30-26-14)18-6-3-15(4-7-18)23(24)29/h3-8,11-13H,9-10H2,1-2H3,(H2,24,29). The SMILES string of the molecule is Cc1noc2c1-c1ccc(-c3cnn(C)c3)cc1N(c1ccc(C(N)=O)cc1)CC2. The van der Waals surface area contributed by atoms with Crippen LogP contribution in [0.2, 0.25) is 0 Å². The van der Waals surface area contributed by atoms with Crippen LogP contribution in [0.15, 0.2) is 59.4 Å². The monoisotopic (exact) mass is 399 g/mol. The van der Waals surface area contributed by atoms with E-state index in [0.717, 1.165) is 58.0 Å². The minimum Gasteiger partial charge on any atom is -0.366 e. The van der Waals surface area contributed by atoms with Crippen LogP contribution < -0.4 is 10.6 Å². The second-order valence-corrected chi connectivity index (χ2v) is 7.51. The number of fused-ring (bicyclic) bond motifs is 3. The van der Waals surface area contributed by atoms with Gasteiger partial charge < -0.3 is 15.2 Å². The predicted molar refractivity (Wildman–Crippen MR) is 115 cm³/mol. The molecule has 2 N–H and O–H groups in total. The normalized spacial score (nSPS) is 12.9. The van der Waals surface area contributed by atoms with Gasteiger partial charge in [-0.3, -0.25) is 9.48 Å². The highest BCUT2D eigenvalue weighted by Gasteiger charge is 2.26. The highest BCUT2D eigenvalue weighted by atomic mass is 16.5. The van der Waals surface area contributed by atoms with E-state index in [4.69, 9.17) is 10.3 Å². The highest BCUT2D eigenvalue weighted by Crippen LogP contribution is 2.43. The second kappa shape index (κ2) is 6.88. The summed E-state index contributed by atoms with van der Waals surface area (Å²) in [7, 11) is 1.91. The van der Waals surface area contributed by atoms with Gasteiger partial charge in [0.2, 0.25) is 5.91 Å². The van der Waals surface area contributed by atoms with Gasteiger partial charge in [-0.15, -0.1) is 0 Å². The van der Waals surface area contributed by atoms with Crippen molar-refractivity contribution in [2.45, 2.75) is 13.3 Å². The quantitative estimate of drug-likeness (QED) is 0.565. The van der Waals surface area contributed by atoms with Crippen molar-refractivity contribution in [1.82, 2.24) is 14.9 Å². The van der Waals surface area contributed by atoms with E-state index in [2.05, 4.69) is 33.4 Å². The van der Waals surface area contributed by atoms with Gasteiger partial charge in [-0.2, -0.15) is 5.10 Å². The Labute approximate surface area is 173 Å². The zero-order valence-corrected chi connectivity index (χ0v) is 16.8. The molecule has 1 amide bonds. The summed E-state index contributed by atoms with van der Waals surface area (Å²) in [4.78, 5) is 13.7. The molecule has 0 radical (unpaired) electrons. The van der Waals surface area contributed by atoms with Gasteiger partial charge in [0.15, 0.2) is 0 Å². The van der Waals surface area contributed by atoms with E-state index in [1.165, 1.54) is 0 Å². The fourth-order valence-electron chi connectivity index (χ4n) is 4.06. The van der Waals surface area contributed by atoms with Gasteiger partial charge >= 0.3 is 0 Å². The zero-order chi connectivity index (χ0) is 20.8. The molecule has 3 heterocycles. The molecule has 0 aliphatic carbocycles. The zero-order valence-electron chi connectivity index (χ0n) is 16.8. The van der Waals surface area contributed by atoms with Gasteiger partial charge in [0.1, 0.15) is 5.76 Å². The first kappa shape index (κ1) is 18.2. The van der Waals surface area contributed by atoms with Crippen LogP contribution in [0.1, 0.15) is 21.8 Å². The van der Waals surface area contributed by atoms with E-state index in [1.807, 2.05) is 38.5 Å². The van der Waals surface area contributed by atoms with Crippen LogP contribution in [0, 0.1) is 6.92 Å². The van der Waals surface area contributed by atoms with Crippen molar-refractivity contribution < 1.29 is 9.32 Å². The molecule has 4 aromatic rings. The molecule has 0 saturated carbocycles. The van der Waals surface area contributed by atoms with Crippen LogP contribution in [0.4, 0.5) is 11.4 Å². The molecule has 0 fully saturated rings. The molecule has 7 nitrogen and oxygen atoms in total. The number of nitrogens with two attached hydrogens (primary N) is 1. The number of benzene rings is 2. The molecule has 150 valence electrons. The molecule has 0 unspecified atom stereocenters. The van der Waals surface area contributed by atoms with Crippen molar-refractivity contribution in [3.8, 4) is 22.3 Å². The van der Waals surface area contributed by atoms with Gasteiger partial charge in [0.25, 0.3) is 0 Å². The highest BCUT2D eigenvalue weighted by molar-refractivity contribution is 5.94. The molecule has 0 bridgehead atoms. The number of carbonyl (C=O) groups is 1. The summed E-state index contributed by atoms with van der Waals surface area (Å²) in [5.41, 5.74) is 13.1. The lowest BCUT2D eigenvalue weighted by molar-refractivity contribution is 0.100.